The standard InChI is InChI=1S/C30H34ClN3O2/c1-19-25(20(2)35)16-28(33(19)5)26-15-22(31)11-12-24(26)29(36)34-18-21-9-6-7-10-23(21)27-17-30(27,34)13-8-14-32(3)4/h6-7,9-12,15-16,27,35H,2,8,13-14,17-18H2,1,3-5H3/t27?,30-/m0/s1. The fourth-order valence-corrected chi connectivity index (χ4v) is 6.21. The first-order valence-electron chi connectivity index (χ1n) is 12.5. The van der Waals surface area contributed by atoms with Gasteiger partial charge < -0.3 is 19.5 Å². The van der Waals surface area contributed by atoms with Crippen molar-refractivity contribution in [3.05, 3.63) is 88.1 Å². The molecule has 2 aromatic carbocycles. The van der Waals surface area contributed by atoms with Gasteiger partial charge in [0.2, 0.25) is 0 Å². The zero-order valence-corrected chi connectivity index (χ0v) is 22.3. The normalized spacial score (nSPS) is 20.3. The van der Waals surface area contributed by atoms with Crippen LogP contribution >= 0.6 is 11.6 Å². The summed E-state index contributed by atoms with van der Waals surface area (Å²) in [6, 6.07) is 15.9. The van der Waals surface area contributed by atoms with Gasteiger partial charge in [-0.1, -0.05) is 42.4 Å². The van der Waals surface area contributed by atoms with Crippen molar-refractivity contribution in [2.24, 2.45) is 7.05 Å². The summed E-state index contributed by atoms with van der Waals surface area (Å²) in [6.45, 7) is 7.25. The molecule has 1 fully saturated rings. The van der Waals surface area contributed by atoms with Gasteiger partial charge in [0, 0.05) is 52.6 Å². The van der Waals surface area contributed by atoms with Crippen LogP contribution in [-0.2, 0) is 13.6 Å². The topological polar surface area (TPSA) is 48.7 Å². The number of aliphatic hydroxyl groups excluding tert-OH is 1. The third-order valence-electron chi connectivity index (χ3n) is 8.14. The Morgan fingerprint density at radius 3 is 2.64 bits per heavy atom. The van der Waals surface area contributed by atoms with Crippen molar-refractivity contribution in [3.63, 3.8) is 0 Å². The third kappa shape index (κ3) is 4.04. The Bertz CT molecular complexity index is 1360. The number of hydrogen-bond acceptors (Lipinski definition) is 3. The maximum absolute atomic E-state index is 14.4. The van der Waals surface area contributed by atoms with Gasteiger partial charge in [0.15, 0.2) is 0 Å². The average molecular weight is 504 g/mol. The molecule has 188 valence electrons. The summed E-state index contributed by atoms with van der Waals surface area (Å²) in [5, 5.41) is 10.7. The van der Waals surface area contributed by atoms with Crippen LogP contribution in [-0.4, -0.2) is 51.6 Å². The van der Waals surface area contributed by atoms with Crippen LogP contribution in [0.15, 0.2) is 55.1 Å². The summed E-state index contributed by atoms with van der Waals surface area (Å²) in [4.78, 5) is 18.7. The summed E-state index contributed by atoms with van der Waals surface area (Å²) < 4.78 is 1.98. The van der Waals surface area contributed by atoms with Crippen molar-refractivity contribution < 1.29 is 9.90 Å². The highest BCUT2D eigenvalue weighted by Crippen LogP contribution is 2.62. The number of carbonyl (C=O) groups is 1. The molecule has 2 atom stereocenters. The van der Waals surface area contributed by atoms with Crippen LogP contribution in [0.25, 0.3) is 17.0 Å². The van der Waals surface area contributed by atoms with E-state index in [0.717, 1.165) is 42.8 Å². The van der Waals surface area contributed by atoms with Crippen molar-refractivity contribution in [2.75, 3.05) is 20.6 Å². The number of rotatable bonds is 7. The summed E-state index contributed by atoms with van der Waals surface area (Å²) in [6.07, 6.45) is 3.03. The van der Waals surface area contributed by atoms with E-state index in [1.54, 1.807) is 6.07 Å². The minimum absolute atomic E-state index is 0.0116. The molecule has 1 unspecified atom stereocenters. The number of nitrogens with zero attached hydrogens (tertiary/aromatic N) is 3. The molecule has 1 aromatic heterocycles. The molecule has 0 bridgehead atoms. The van der Waals surface area contributed by atoms with Crippen LogP contribution in [0, 0.1) is 6.92 Å². The van der Waals surface area contributed by atoms with Crippen molar-refractivity contribution >= 4 is 23.3 Å². The second kappa shape index (κ2) is 9.13. The van der Waals surface area contributed by atoms with Crippen molar-refractivity contribution in [1.29, 1.82) is 0 Å². The number of benzene rings is 2. The zero-order valence-electron chi connectivity index (χ0n) is 21.5. The summed E-state index contributed by atoms with van der Waals surface area (Å²) in [5.41, 5.74) is 6.26. The molecule has 3 aromatic rings. The smallest absolute Gasteiger partial charge is 0.255 e. The van der Waals surface area contributed by atoms with Crippen LogP contribution in [0.2, 0.25) is 5.02 Å². The van der Waals surface area contributed by atoms with Crippen LogP contribution in [0.3, 0.4) is 0 Å². The minimum atomic E-state index is -0.146. The van der Waals surface area contributed by atoms with E-state index in [0.29, 0.717) is 28.6 Å². The number of halogens is 1. The van der Waals surface area contributed by atoms with Gasteiger partial charge >= 0.3 is 0 Å². The monoisotopic (exact) mass is 503 g/mol. The first-order valence-corrected chi connectivity index (χ1v) is 12.9. The Kier molecular flexibility index (Phi) is 6.26. The number of aromatic nitrogens is 1. The molecule has 1 aliphatic carbocycles. The highest BCUT2D eigenvalue weighted by atomic mass is 35.5. The summed E-state index contributed by atoms with van der Waals surface area (Å²) >= 11 is 6.44. The number of aliphatic hydroxyl groups is 1. The number of fused-ring (bicyclic) bond motifs is 3. The van der Waals surface area contributed by atoms with Crippen molar-refractivity contribution in [2.45, 2.75) is 44.2 Å². The fraction of sp³-hybridized carbons (Fsp3) is 0.367. The Hall–Kier alpha value is -3.02. The number of carbonyl (C=O) groups excluding carboxylic acids is 1. The van der Waals surface area contributed by atoms with Gasteiger partial charge in [0.25, 0.3) is 5.91 Å². The van der Waals surface area contributed by atoms with E-state index in [4.69, 9.17) is 11.6 Å². The van der Waals surface area contributed by atoms with Crippen LogP contribution in [0.5, 0.6) is 0 Å². The highest BCUT2D eigenvalue weighted by Gasteiger charge is 2.62. The largest absolute Gasteiger partial charge is 0.508 e. The summed E-state index contributed by atoms with van der Waals surface area (Å²) in [5.74, 6) is 0.426. The molecule has 6 heteroatoms. The Balaban J connectivity index is 1.58. The minimum Gasteiger partial charge on any atom is -0.508 e. The Morgan fingerprint density at radius 1 is 1.19 bits per heavy atom. The van der Waals surface area contributed by atoms with Crippen molar-refractivity contribution in [3.8, 4) is 11.3 Å². The lowest BCUT2D eigenvalue weighted by molar-refractivity contribution is 0.0585. The van der Waals surface area contributed by atoms with E-state index in [9.17, 15) is 9.90 Å². The van der Waals surface area contributed by atoms with Gasteiger partial charge in [-0.15, -0.1) is 0 Å². The zero-order chi connectivity index (χ0) is 25.8. The first-order chi connectivity index (χ1) is 17.1. The van der Waals surface area contributed by atoms with Gasteiger partial charge in [-0.2, -0.15) is 0 Å². The molecule has 0 spiro atoms. The molecule has 0 radical (unpaired) electrons. The molecule has 1 N–H and O–H groups in total. The maximum Gasteiger partial charge on any atom is 0.255 e. The van der Waals surface area contributed by atoms with Crippen LogP contribution in [0.4, 0.5) is 0 Å². The molecule has 1 amide bonds. The predicted molar refractivity (Wildman–Crippen MR) is 146 cm³/mol. The molecular weight excluding hydrogens is 470 g/mol. The number of hydrogen-bond donors (Lipinski definition) is 1. The lowest BCUT2D eigenvalue weighted by atomic mass is 9.90. The van der Waals surface area contributed by atoms with Gasteiger partial charge in [-0.25, -0.2) is 0 Å². The molecular formula is C30H34ClN3O2. The predicted octanol–water partition coefficient (Wildman–Crippen LogP) is 6.41. The van der Waals surface area contributed by atoms with Crippen molar-refractivity contribution in [1.82, 2.24) is 14.4 Å². The molecule has 5 nitrogen and oxygen atoms in total. The van der Waals surface area contributed by atoms with Gasteiger partial charge in [0.1, 0.15) is 5.76 Å². The quantitative estimate of drug-likeness (QED) is 0.379. The Labute approximate surface area is 218 Å². The lowest BCUT2D eigenvalue weighted by Gasteiger charge is -2.38. The second-order valence-corrected chi connectivity index (χ2v) is 11.0. The SMILES string of the molecule is C=C(O)c1cc(-c2cc(Cl)ccc2C(=O)N2Cc3ccccc3C3C[C@@]32CCCN(C)C)n(C)c1C. The third-order valence-corrected chi connectivity index (χ3v) is 8.37. The molecule has 0 saturated heterocycles. The van der Waals surface area contributed by atoms with Crippen LogP contribution < -0.4 is 0 Å². The second-order valence-electron chi connectivity index (χ2n) is 10.6. The van der Waals surface area contributed by atoms with E-state index in [1.165, 1.54) is 11.1 Å². The fourth-order valence-electron chi connectivity index (χ4n) is 6.04. The van der Waals surface area contributed by atoms with Crippen LogP contribution in [0.1, 0.15) is 57.9 Å². The van der Waals surface area contributed by atoms with E-state index >= 15 is 0 Å². The lowest BCUT2D eigenvalue weighted by Crippen LogP contribution is -2.45. The maximum atomic E-state index is 14.4. The molecule has 2 heterocycles. The van der Waals surface area contributed by atoms with Gasteiger partial charge in [0.05, 0.1) is 5.54 Å². The van der Waals surface area contributed by atoms with Gasteiger partial charge in [-0.05, 0) is 82.2 Å². The van der Waals surface area contributed by atoms with E-state index in [-0.39, 0.29) is 17.2 Å². The van der Waals surface area contributed by atoms with E-state index < -0.39 is 0 Å². The molecule has 1 aliphatic heterocycles. The first kappa shape index (κ1) is 24.7. The van der Waals surface area contributed by atoms with Gasteiger partial charge in [-0.3, -0.25) is 4.79 Å². The highest BCUT2D eigenvalue weighted by molar-refractivity contribution is 6.31. The molecule has 5 rings (SSSR count). The van der Waals surface area contributed by atoms with E-state index in [2.05, 4.69) is 54.7 Å². The molecule has 2 aliphatic rings. The Morgan fingerprint density at radius 2 is 1.94 bits per heavy atom. The average Bonchev–Trinajstić information content (AvgIpc) is 3.51. The summed E-state index contributed by atoms with van der Waals surface area (Å²) in [7, 11) is 6.12. The number of amides is 1. The molecule has 1 saturated carbocycles. The molecule has 36 heavy (non-hydrogen) atoms. The van der Waals surface area contributed by atoms with E-state index in [1.807, 2.05) is 36.7 Å².